The summed E-state index contributed by atoms with van der Waals surface area (Å²) in [4.78, 5) is 0. The van der Waals surface area contributed by atoms with Gasteiger partial charge in [0.25, 0.3) is 0 Å². The van der Waals surface area contributed by atoms with Crippen LogP contribution in [-0.2, 0) is 12.8 Å². The second-order valence-electron chi connectivity index (χ2n) is 5.58. The lowest BCUT2D eigenvalue weighted by Gasteiger charge is -2.15. The first kappa shape index (κ1) is 13.9. The van der Waals surface area contributed by atoms with Gasteiger partial charge in [-0.3, -0.25) is 0 Å². The van der Waals surface area contributed by atoms with Crippen LogP contribution in [-0.4, -0.2) is 12.6 Å². The van der Waals surface area contributed by atoms with E-state index in [1.165, 1.54) is 11.1 Å². The van der Waals surface area contributed by atoms with Crippen LogP contribution >= 0.6 is 15.9 Å². The molecular weight excluding hydrogens is 290 g/mol. The summed E-state index contributed by atoms with van der Waals surface area (Å²) in [5.74, 6) is 1.78. The van der Waals surface area contributed by atoms with Gasteiger partial charge in [-0.25, -0.2) is 0 Å². The van der Waals surface area contributed by atoms with Crippen LogP contribution in [0.25, 0.3) is 0 Å². The summed E-state index contributed by atoms with van der Waals surface area (Å²) in [5, 5.41) is 0. The summed E-state index contributed by atoms with van der Waals surface area (Å²) in [6.45, 7) is 5.26. The van der Waals surface area contributed by atoms with Crippen LogP contribution in [0.2, 0.25) is 0 Å². The van der Waals surface area contributed by atoms with E-state index in [-0.39, 0.29) is 0 Å². The highest BCUT2D eigenvalue weighted by Gasteiger charge is 2.18. The lowest BCUT2D eigenvalue weighted by atomic mass is 9.97. The Morgan fingerprint density at radius 2 is 2.17 bits per heavy atom. The van der Waals surface area contributed by atoms with E-state index in [9.17, 15) is 0 Å². The number of halogens is 1. The van der Waals surface area contributed by atoms with Gasteiger partial charge >= 0.3 is 0 Å². The molecule has 0 amide bonds. The number of aryl methyl sites for hydroxylation is 1. The van der Waals surface area contributed by atoms with Gasteiger partial charge in [-0.2, -0.15) is 0 Å². The lowest BCUT2D eigenvalue weighted by molar-refractivity contribution is 0.352. The number of ether oxygens (including phenoxy) is 1. The summed E-state index contributed by atoms with van der Waals surface area (Å²) < 4.78 is 6.89. The average Bonchev–Trinajstić information content (AvgIpc) is 2.72. The van der Waals surface area contributed by atoms with Gasteiger partial charge in [0.15, 0.2) is 0 Å². The Kier molecular flexibility index (Phi) is 4.68. The SMILES string of the molecule is CC(C)CC(N)CCc1cc(Br)cc2c1OCC2. The van der Waals surface area contributed by atoms with E-state index in [4.69, 9.17) is 10.5 Å². The zero-order valence-corrected chi connectivity index (χ0v) is 12.8. The first-order chi connectivity index (χ1) is 8.56. The van der Waals surface area contributed by atoms with Crippen molar-refractivity contribution in [1.29, 1.82) is 0 Å². The predicted octanol–water partition coefficient (Wildman–Crippen LogP) is 3.69. The molecule has 18 heavy (non-hydrogen) atoms. The van der Waals surface area contributed by atoms with Crippen LogP contribution in [0.15, 0.2) is 16.6 Å². The predicted molar refractivity (Wildman–Crippen MR) is 79.1 cm³/mol. The first-order valence-corrected chi connectivity index (χ1v) is 7.55. The van der Waals surface area contributed by atoms with Crippen molar-refractivity contribution in [2.45, 2.75) is 45.6 Å². The number of hydrogen-bond acceptors (Lipinski definition) is 2. The summed E-state index contributed by atoms with van der Waals surface area (Å²) >= 11 is 3.58. The van der Waals surface area contributed by atoms with Crippen molar-refractivity contribution < 1.29 is 4.74 Å². The molecule has 0 bridgehead atoms. The molecule has 0 spiro atoms. The molecule has 1 unspecified atom stereocenters. The summed E-state index contributed by atoms with van der Waals surface area (Å²) in [7, 11) is 0. The first-order valence-electron chi connectivity index (χ1n) is 6.76. The average molecular weight is 312 g/mol. The summed E-state index contributed by atoms with van der Waals surface area (Å²) in [5.41, 5.74) is 8.79. The minimum absolute atomic E-state index is 0.293. The lowest BCUT2D eigenvalue weighted by Crippen LogP contribution is -2.22. The van der Waals surface area contributed by atoms with Crippen molar-refractivity contribution in [3.63, 3.8) is 0 Å². The molecule has 1 aromatic rings. The maximum Gasteiger partial charge on any atom is 0.125 e. The molecule has 1 heterocycles. The number of benzene rings is 1. The Morgan fingerprint density at radius 1 is 1.39 bits per heavy atom. The van der Waals surface area contributed by atoms with Crippen LogP contribution in [0.4, 0.5) is 0 Å². The molecule has 1 aromatic carbocycles. The molecule has 0 radical (unpaired) electrons. The van der Waals surface area contributed by atoms with E-state index in [1.807, 2.05) is 0 Å². The Hall–Kier alpha value is -0.540. The van der Waals surface area contributed by atoms with Crippen LogP contribution in [0.5, 0.6) is 5.75 Å². The minimum Gasteiger partial charge on any atom is -0.493 e. The van der Waals surface area contributed by atoms with Crippen LogP contribution in [0.1, 0.15) is 37.8 Å². The second kappa shape index (κ2) is 6.07. The van der Waals surface area contributed by atoms with Crippen LogP contribution < -0.4 is 10.5 Å². The molecule has 1 atom stereocenters. The van der Waals surface area contributed by atoms with Crippen molar-refractivity contribution in [2.75, 3.05) is 6.61 Å². The number of nitrogens with two attached hydrogens (primary N) is 1. The fraction of sp³-hybridized carbons (Fsp3) is 0.600. The number of hydrogen-bond donors (Lipinski definition) is 1. The molecule has 100 valence electrons. The zero-order valence-electron chi connectivity index (χ0n) is 11.2. The molecule has 0 aromatic heterocycles. The molecule has 0 saturated heterocycles. The molecule has 0 saturated carbocycles. The molecule has 1 aliphatic rings. The normalized spacial score (nSPS) is 15.6. The highest BCUT2D eigenvalue weighted by atomic mass is 79.9. The molecular formula is C15H22BrNO. The van der Waals surface area contributed by atoms with Gasteiger partial charge < -0.3 is 10.5 Å². The molecule has 2 nitrogen and oxygen atoms in total. The number of fused-ring (bicyclic) bond motifs is 1. The van der Waals surface area contributed by atoms with Gasteiger partial charge in [-0.05, 0) is 48.4 Å². The molecule has 2 rings (SSSR count). The maximum atomic E-state index is 6.15. The quantitative estimate of drug-likeness (QED) is 0.900. The van der Waals surface area contributed by atoms with Crippen molar-refractivity contribution in [3.8, 4) is 5.75 Å². The van der Waals surface area contributed by atoms with Gasteiger partial charge in [-0.15, -0.1) is 0 Å². The van der Waals surface area contributed by atoms with E-state index in [1.54, 1.807) is 0 Å². The Balaban J connectivity index is 2.01. The maximum absolute atomic E-state index is 6.15. The molecule has 2 N–H and O–H groups in total. The fourth-order valence-electron chi connectivity index (χ4n) is 2.60. The fourth-order valence-corrected chi connectivity index (χ4v) is 3.15. The largest absolute Gasteiger partial charge is 0.493 e. The monoisotopic (exact) mass is 311 g/mol. The van der Waals surface area contributed by atoms with Crippen LogP contribution in [0.3, 0.4) is 0 Å². The second-order valence-corrected chi connectivity index (χ2v) is 6.50. The third-order valence-corrected chi connectivity index (χ3v) is 3.84. The third kappa shape index (κ3) is 3.48. The van der Waals surface area contributed by atoms with Crippen molar-refractivity contribution >= 4 is 15.9 Å². The standard InChI is InChI=1S/C15H22BrNO/c1-10(2)7-14(17)4-3-11-8-13(16)9-12-5-6-18-15(11)12/h8-10,14H,3-7,17H2,1-2H3. The smallest absolute Gasteiger partial charge is 0.125 e. The minimum atomic E-state index is 0.293. The van der Waals surface area contributed by atoms with Crippen molar-refractivity contribution in [3.05, 3.63) is 27.7 Å². The third-order valence-electron chi connectivity index (χ3n) is 3.38. The van der Waals surface area contributed by atoms with Gasteiger partial charge in [0, 0.05) is 16.9 Å². The summed E-state index contributed by atoms with van der Waals surface area (Å²) in [6, 6.07) is 4.63. The number of rotatable bonds is 5. The van der Waals surface area contributed by atoms with Crippen molar-refractivity contribution in [2.24, 2.45) is 11.7 Å². The van der Waals surface area contributed by atoms with Gasteiger partial charge in [-0.1, -0.05) is 29.8 Å². The van der Waals surface area contributed by atoms with Gasteiger partial charge in [0.2, 0.25) is 0 Å². The Labute approximate surface area is 118 Å². The van der Waals surface area contributed by atoms with Gasteiger partial charge in [0.05, 0.1) is 6.61 Å². The molecule has 1 aliphatic heterocycles. The Morgan fingerprint density at radius 3 is 2.89 bits per heavy atom. The van der Waals surface area contributed by atoms with E-state index in [0.717, 1.165) is 42.5 Å². The highest BCUT2D eigenvalue weighted by Crippen LogP contribution is 2.33. The van der Waals surface area contributed by atoms with Crippen LogP contribution in [0, 0.1) is 5.92 Å². The zero-order chi connectivity index (χ0) is 13.1. The highest BCUT2D eigenvalue weighted by molar-refractivity contribution is 9.10. The molecule has 3 heteroatoms. The van der Waals surface area contributed by atoms with E-state index < -0.39 is 0 Å². The van der Waals surface area contributed by atoms with Crippen molar-refractivity contribution in [1.82, 2.24) is 0 Å². The summed E-state index contributed by atoms with van der Waals surface area (Å²) in [6.07, 6.45) is 4.16. The van der Waals surface area contributed by atoms with E-state index in [2.05, 4.69) is 41.9 Å². The molecule has 0 aliphatic carbocycles. The van der Waals surface area contributed by atoms with E-state index >= 15 is 0 Å². The topological polar surface area (TPSA) is 35.2 Å². The Bertz CT molecular complexity index is 417. The van der Waals surface area contributed by atoms with Gasteiger partial charge in [0.1, 0.15) is 5.75 Å². The molecule has 0 fully saturated rings. The van der Waals surface area contributed by atoms with E-state index in [0.29, 0.717) is 12.0 Å².